The van der Waals surface area contributed by atoms with Crippen molar-refractivity contribution in [2.45, 2.75) is 32.7 Å². The summed E-state index contributed by atoms with van der Waals surface area (Å²) in [5.74, 6) is 0.595. The van der Waals surface area contributed by atoms with Gasteiger partial charge >= 0.3 is 0 Å². The van der Waals surface area contributed by atoms with E-state index in [-0.39, 0.29) is 18.6 Å². The quantitative estimate of drug-likeness (QED) is 0.644. The van der Waals surface area contributed by atoms with Crippen LogP contribution in [-0.4, -0.2) is 48.2 Å². The molecule has 4 nitrogen and oxygen atoms in total. The first kappa shape index (κ1) is 12.5. The van der Waals surface area contributed by atoms with Gasteiger partial charge in [0.15, 0.2) is 0 Å². The van der Waals surface area contributed by atoms with Gasteiger partial charge in [0.1, 0.15) is 0 Å². The van der Waals surface area contributed by atoms with Crippen LogP contribution in [0.25, 0.3) is 0 Å². The van der Waals surface area contributed by atoms with Crippen molar-refractivity contribution in [2.24, 2.45) is 5.92 Å². The number of carbonyl (C=O) groups is 1. The van der Waals surface area contributed by atoms with Gasteiger partial charge in [0.05, 0.1) is 12.6 Å². The predicted molar refractivity (Wildman–Crippen MR) is 59.5 cm³/mol. The molecule has 1 amide bonds. The van der Waals surface area contributed by atoms with Crippen LogP contribution in [0.2, 0.25) is 0 Å². The molecule has 1 fully saturated rings. The van der Waals surface area contributed by atoms with Crippen LogP contribution in [0.5, 0.6) is 0 Å². The molecule has 0 aromatic heterocycles. The van der Waals surface area contributed by atoms with Crippen LogP contribution in [0.1, 0.15) is 26.7 Å². The fourth-order valence-electron chi connectivity index (χ4n) is 2.11. The van der Waals surface area contributed by atoms with Crippen molar-refractivity contribution < 1.29 is 9.90 Å². The first-order valence-electron chi connectivity index (χ1n) is 5.81. The van der Waals surface area contributed by atoms with Gasteiger partial charge in [-0.1, -0.05) is 13.8 Å². The van der Waals surface area contributed by atoms with Gasteiger partial charge in [-0.2, -0.15) is 0 Å². The summed E-state index contributed by atoms with van der Waals surface area (Å²) in [7, 11) is 0. The van der Waals surface area contributed by atoms with Gasteiger partial charge in [0.2, 0.25) is 5.91 Å². The maximum atomic E-state index is 11.8. The second-order valence-electron chi connectivity index (χ2n) is 4.21. The summed E-state index contributed by atoms with van der Waals surface area (Å²) in [6.07, 6.45) is 1.55. The molecule has 0 aromatic carbocycles. The van der Waals surface area contributed by atoms with E-state index in [2.05, 4.69) is 12.2 Å². The third-order valence-electron chi connectivity index (χ3n) is 3.16. The average Bonchev–Trinajstić information content (AvgIpc) is 2.59. The molecule has 0 radical (unpaired) electrons. The Labute approximate surface area is 91.6 Å². The van der Waals surface area contributed by atoms with Gasteiger partial charge in [-0.3, -0.25) is 4.79 Å². The lowest BCUT2D eigenvalue weighted by molar-refractivity contribution is -0.133. The molecule has 1 aliphatic rings. The maximum Gasteiger partial charge on any atom is 0.224 e. The molecule has 2 unspecified atom stereocenters. The van der Waals surface area contributed by atoms with Crippen molar-refractivity contribution in [3.8, 4) is 0 Å². The van der Waals surface area contributed by atoms with Crippen molar-refractivity contribution in [2.75, 3.05) is 26.2 Å². The van der Waals surface area contributed by atoms with E-state index in [0.29, 0.717) is 12.3 Å². The number of nitrogens with one attached hydrogen (secondary N) is 1. The Morgan fingerprint density at radius 3 is 2.93 bits per heavy atom. The van der Waals surface area contributed by atoms with Crippen LogP contribution in [0.4, 0.5) is 0 Å². The Hall–Kier alpha value is -0.610. The standard InChI is InChI=1S/C11H22N2O2/c1-3-12-6-4-11(15)13-7-5-9(2)10(13)8-14/h9-10,12,14H,3-8H2,1-2H3. The molecule has 2 atom stereocenters. The second-order valence-corrected chi connectivity index (χ2v) is 4.21. The molecule has 4 heteroatoms. The molecule has 0 saturated carbocycles. The SMILES string of the molecule is CCNCCC(=O)N1CCC(C)C1CO. The van der Waals surface area contributed by atoms with E-state index in [9.17, 15) is 9.90 Å². The van der Waals surface area contributed by atoms with Crippen molar-refractivity contribution >= 4 is 5.91 Å². The number of likely N-dealkylation sites (tertiary alicyclic amines) is 1. The normalized spacial score (nSPS) is 25.9. The maximum absolute atomic E-state index is 11.8. The van der Waals surface area contributed by atoms with Crippen LogP contribution in [-0.2, 0) is 4.79 Å². The van der Waals surface area contributed by atoms with Crippen LogP contribution >= 0.6 is 0 Å². The topological polar surface area (TPSA) is 52.6 Å². The summed E-state index contributed by atoms with van der Waals surface area (Å²) in [5, 5.41) is 12.4. The van der Waals surface area contributed by atoms with E-state index in [1.807, 2.05) is 11.8 Å². The number of hydrogen-bond acceptors (Lipinski definition) is 3. The first-order chi connectivity index (χ1) is 7.20. The lowest BCUT2D eigenvalue weighted by atomic mass is 10.0. The summed E-state index contributed by atoms with van der Waals surface area (Å²) in [4.78, 5) is 13.6. The number of rotatable bonds is 5. The number of amides is 1. The van der Waals surface area contributed by atoms with Gasteiger partial charge in [-0.25, -0.2) is 0 Å². The minimum Gasteiger partial charge on any atom is -0.394 e. The number of aliphatic hydroxyl groups is 1. The first-order valence-corrected chi connectivity index (χ1v) is 5.81. The predicted octanol–water partition coefficient (Wildman–Crippen LogP) is 0.215. The van der Waals surface area contributed by atoms with E-state index in [0.717, 1.165) is 26.1 Å². The largest absolute Gasteiger partial charge is 0.394 e. The minimum absolute atomic E-state index is 0.0409. The molecule has 0 bridgehead atoms. The number of carbonyl (C=O) groups excluding carboxylic acids is 1. The van der Waals surface area contributed by atoms with Crippen LogP contribution in [0, 0.1) is 5.92 Å². The highest BCUT2D eigenvalue weighted by Crippen LogP contribution is 2.23. The van der Waals surface area contributed by atoms with Gasteiger partial charge in [0.25, 0.3) is 0 Å². The fourth-order valence-corrected chi connectivity index (χ4v) is 2.11. The zero-order valence-corrected chi connectivity index (χ0v) is 9.70. The molecule has 1 heterocycles. The molecule has 88 valence electrons. The van der Waals surface area contributed by atoms with E-state index in [1.54, 1.807) is 0 Å². The molecule has 15 heavy (non-hydrogen) atoms. The van der Waals surface area contributed by atoms with Crippen LogP contribution < -0.4 is 5.32 Å². The summed E-state index contributed by atoms with van der Waals surface area (Å²) >= 11 is 0. The minimum atomic E-state index is 0.0409. The van der Waals surface area contributed by atoms with E-state index in [1.165, 1.54) is 0 Å². The highest BCUT2D eigenvalue weighted by atomic mass is 16.3. The van der Waals surface area contributed by atoms with Gasteiger partial charge in [-0.15, -0.1) is 0 Å². The lowest BCUT2D eigenvalue weighted by Gasteiger charge is -2.25. The molecule has 1 aliphatic heterocycles. The number of nitrogens with zero attached hydrogens (tertiary/aromatic N) is 1. The van der Waals surface area contributed by atoms with Crippen LogP contribution in [0.3, 0.4) is 0 Å². The molecule has 1 rings (SSSR count). The summed E-state index contributed by atoms with van der Waals surface area (Å²) in [5.41, 5.74) is 0. The Morgan fingerprint density at radius 1 is 1.60 bits per heavy atom. The molecule has 0 aromatic rings. The Morgan fingerprint density at radius 2 is 2.33 bits per heavy atom. The average molecular weight is 214 g/mol. The van der Waals surface area contributed by atoms with Crippen LogP contribution in [0.15, 0.2) is 0 Å². The van der Waals surface area contributed by atoms with Crippen molar-refractivity contribution in [3.05, 3.63) is 0 Å². The molecule has 1 saturated heterocycles. The third kappa shape index (κ3) is 3.18. The fraction of sp³-hybridized carbons (Fsp3) is 0.909. The monoisotopic (exact) mass is 214 g/mol. The molecule has 0 aliphatic carbocycles. The number of hydrogen-bond donors (Lipinski definition) is 2. The molecule has 0 spiro atoms. The smallest absolute Gasteiger partial charge is 0.224 e. The lowest BCUT2D eigenvalue weighted by Crippen LogP contribution is -2.40. The molecular weight excluding hydrogens is 192 g/mol. The van der Waals surface area contributed by atoms with Gasteiger partial charge in [0, 0.05) is 19.5 Å². The van der Waals surface area contributed by atoms with Crippen molar-refractivity contribution in [1.82, 2.24) is 10.2 Å². The Kier molecular flexibility index (Phi) is 5.05. The molecular formula is C11H22N2O2. The highest BCUT2D eigenvalue weighted by Gasteiger charge is 2.33. The van der Waals surface area contributed by atoms with E-state index >= 15 is 0 Å². The van der Waals surface area contributed by atoms with Gasteiger partial charge < -0.3 is 15.3 Å². The zero-order valence-electron chi connectivity index (χ0n) is 9.70. The summed E-state index contributed by atoms with van der Waals surface area (Å²) < 4.78 is 0. The Balaban J connectivity index is 2.38. The summed E-state index contributed by atoms with van der Waals surface area (Å²) in [6.45, 7) is 6.65. The van der Waals surface area contributed by atoms with E-state index < -0.39 is 0 Å². The second kappa shape index (κ2) is 6.08. The van der Waals surface area contributed by atoms with Crippen molar-refractivity contribution in [3.63, 3.8) is 0 Å². The summed E-state index contributed by atoms with van der Waals surface area (Å²) in [6, 6.07) is 0.0409. The van der Waals surface area contributed by atoms with Crippen molar-refractivity contribution in [1.29, 1.82) is 0 Å². The third-order valence-corrected chi connectivity index (χ3v) is 3.16. The van der Waals surface area contributed by atoms with E-state index in [4.69, 9.17) is 0 Å². The highest BCUT2D eigenvalue weighted by molar-refractivity contribution is 5.77. The number of aliphatic hydroxyl groups excluding tert-OH is 1. The zero-order chi connectivity index (χ0) is 11.3. The molecule has 2 N–H and O–H groups in total. The Bertz CT molecular complexity index is 209. The van der Waals surface area contributed by atoms with Gasteiger partial charge in [-0.05, 0) is 18.9 Å².